The lowest BCUT2D eigenvalue weighted by Gasteiger charge is -2.20. The molecule has 6 heteroatoms. The van der Waals surface area contributed by atoms with E-state index in [0.717, 1.165) is 30.6 Å². The van der Waals surface area contributed by atoms with Crippen LogP contribution in [-0.2, 0) is 4.79 Å². The van der Waals surface area contributed by atoms with E-state index in [0.29, 0.717) is 5.75 Å². The van der Waals surface area contributed by atoms with Crippen LogP contribution in [-0.4, -0.2) is 21.3 Å². The predicted octanol–water partition coefficient (Wildman–Crippen LogP) is 4.56. The second-order valence-electron chi connectivity index (χ2n) is 4.75. The van der Waals surface area contributed by atoms with Crippen molar-refractivity contribution in [2.75, 3.05) is 0 Å². The average molecular weight is 335 g/mol. The summed E-state index contributed by atoms with van der Waals surface area (Å²) < 4.78 is 5.31. The summed E-state index contributed by atoms with van der Waals surface area (Å²) in [4.78, 5) is 12.3. The number of ether oxygens (including phenoxy) is 1. The van der Waals surface area contributed by atoms with Crippen LogP contribution in [0, 0.1) is 5.92 Å². The third kappa shape index (κ3) is 4.21. The zero-order valence-electron chi connectivity index (χ0n) is 10.8. The maximum atomic E-state index is 11.5. The van der Waals surface area contributed by atoms with Crippen LogP contribution in [0.5, 0.6) is 5.75 Å². The molecule has 0 heterocycles. The van der Waals surface area contributed by atoms with E-state index in [4.69, 9.17) is 27.9 Å². The molecule has 1 aliphatic carbocycles. The minimum atomic E-state index is -0.966. The first-order valence-corrected chi connectivity index (χ1v) is 8.26. The van der Waals surface area contributed by atoms with Gasteiger partial charge in [0.15, 0.2) is 0 Å². The van der Waals surface area contributed by atoms with E-state index in [9.17, 15) is 9.90 Å². The fourth-order valence-corrected chi connectivity index (χ4v) is 3.91. The second kappa shape index (κ2) is 7.43. The molecule has 0 aliphatic heterocycles. The number of rotatable bonds is 6. The average Bonchev–Trinajstić information content (AvgIpc) is 2.90. The van der Waals surface area contributed by atoms with Gasteiger partial charge in [0.05, 0.1) is 4.90 Å². The molecule has 1 fully saturated rings. The van der Waals surface area contributed by atoms with E-state index < -0.39 is 16.2 Å². The zero-order valence-corrected chi connectivity index (χ0v) is 13.1. The van der Waals surface area contributed by atoms with Crippen LogP contribution in [0.4, 0.5) is 0 Å². The van der Waals surface area contributed by atoms with Gasteiger partial charge < -0.3 is 9.84 Å². The van der Waals surface area contributed by atoms with Gasteiger partial charge in [-0.15, -0.1) is 11.8 Å². The molecular formula is C14H16Cl2O3S. The number of carbonyl (C=O) groups is 1. The molecule has 1 saturated carbocycles. The Bertz CT molecular complexity index is 461. The maximum Gasteiger partial charge on any atom is 0.317 e. The second-order valence-corrected chi connectivity index (χ2v) is 6.95. The minimum absolute atomic E-state index is 0.216. The van der Waals surface area contributed by atoms with E-state index in [1.165, 1.54) is 11.8 Å². The maximum absolute atomic E-state index is 11.5. The van der Waals surface area contributed by atoms with Gasteiger partial charge >= 0.3 is 5.97 Å². The molecule has 1 atom stereocenters. The molecule has 0 saturated heterocycles. The zero-order chi connectivity index (χ0) is 14.5. The number of carboxylic acids is 1. The van der Waals surface area contributed by atoms with Crippen molar-refractivity contribution >= 4 is 40.9 Å². The van der Waals surface area contributed by atoms with E-state index in [1.54, 1.807) is 12.1 Å². The standard InChI is InChI=1S/C14H16Cl2O3S/c15-14(16)19-10-7-3-4-8-11(10)20-12(13(17)18)9-5-1-2-6-9/h3-4,7-9,12,14H,1-2,5-6H2,(H,17,18). The molecule has 1 N–H and O–H groups in total. The molecule has 20 heavy (non-hydrogen) atoms. The van der Waals surface area contributed by atoms with Crippen LogP contribution in [0.2, 0.25) is 0 Å². The third-order valence-corrected chi connectivity index (χ3v) is 5.00. The first-order valence-electron chi connectivity index (χ1n) is 6.51. The SMILES string of the molecule is O=C(O)C(Sc1ccccc1OC(Cl)Cl)C1CCCC1. The van der Waals surface area contributed by atoms with Crippen LogP contribution in [0.25, 0.3) is 0 Å². The highest BCUT2D eigenvalue weighted by Crippen LogP contribution is 2.40. The molecule has 0 bridgehead atoms. The number of aliphatic carboxylic acids is 1. The number of benzene rings is 1. The number of hydrogen-bond donors (Lipinski definition) is 1. The Morgan fingerprint density at radius 1 is 1.30 bits per heavy atom. The number of thioether (sulfide) groups is 1. The van der Waals surface area contributed by atoms with Gasteiger partial charge in [-0.3, -0.25) is 4.79 Å². The lowest BCUT2D eigenvalue weighted by Crippen LogP contribution is -2.24. The number of alkyl halides is 2. The van der Waals surface area contributed by atoms with Crippen LogP contribution in [0.15, 0.2) is 29.2 Å². The van der Waals surface area contributed by atoms with E-state index in [2.05, 4.69) is 0 Å². The number of halogens is 2. The summed E-state index contributed by atoms with van der Waals surface area (Å²) in [6.45, 7) is 0. The molecule has 0 aromatic heterocycles. The largest absolute Gasteiger partial charge is 0.480 e. The minimum Gasteiger partial charge on any atom is -0.480 e. The van der Waals surface area contributed by atoms with Gasteiger partial charge in [0.1, 0.15) is 11.0 Å². The van der Waals surface area contributed by atoms with E-state index in [1.807, 2.05) is 12.1 Å². The predicted molar refractivity (Wildman–Crippen MR) is 81.8 cm³/mol. The van der Waals surface area contributed by atoms with Gasteiger partial charge in [0.25, 0.3) is 0 Å². The molecule has 110 valence electrons. The van der Waals surface area contributed by atoms with Crippen molar-refractivity contribution in [1.29, 1.82) is 0 Å². The van der Waals surface area contributed by atoms with Crippen molar-refractivity contribution in [2.45, 2.75) is 40.9 Å². The first kappa shape index (κ1) is 15.8. The molecule has 1 aromatic carbocycles. The van der Waals surface area contributed by atoms with Gasteiger partial charge in [-0.1, -0.05) is 48.2 Å². The monoisotopic (exact) mass is 334 g/mol. The van der Waals surface area contributed by atoms with Gasteiger partial charge in [0.2, 0.25) is 5.02 Å². The highest BCUT2D eigenvalue weighted by Gasteiger charge is 2.32. The summed E-state index contributed by atoms with van der Waals surface area (Å²) in [5.74, 6) is -0.0323. The van der Waals surface area contributed by atoms with Crippen molar-refractivity contribution in [3.05, 3.63) is 24.3 Å². The Kier molecular flexibility index (Phi) is 5.87. The van der Waals surface area contributed by atoms with Gasteiger partial charge in [-0.2, -0.15) is 0 Å². The molecule has 2 rings (SSSR count). The van der Waals surface area contributed by atoms with Crippen molar-refractivity contribution in [3.63, 3.8) is 0 Å². The Morgan fingerprint density at radius 3 is 2.55 bits per heavy atom. The third-order valence-electron chi connectivity index (χ3n) is 3.39. The van der Waals surface area contributed by atoms with Crippen LogP contribution >= 0.6 is 35.0 Å². The molecule has 1 aromatic rings. The van der Waals surface area contributed by atoms with Crippen molar-refractivity contribution in [1.82, 2.24) is 0 Å². The van der Waals surface area contributed by atoms with E-state index >= 15 is 0 Å². The summed E-state index contributed by atoms with van der Waals surface area (Å²) in [6.07, 6.45) is 4.17. The summed E-state index contributed by atoms with van der Waals surface area (Å²) in [5.41, 5.74) is 0. The Morgan fingerprint density at radius 2 is 1.95 bits per heavy atom. The van der Waals surface area contributed by atoms with Crippen molar-refractivity contribution in [2.24, 2.45) is 5.92 Å². The molecule has 1 unspecified atom stereocenters. The first-order chi connectivity index (χ1) is 9.58. The van der Waals surface area contributed by atoms with Crippen LogP contribution < -0.4 is 4.74 Å². The Labute approximate surface area is 132 Å². The topological polar surface area (TPSA) is 46.5 Å². The van der Waals surface area contributed by atoms with E-state index in [-0.39, 0.29) is 5.92 Å². The summed E-state index contributed by atoms with van der Waals surface area (Å²) in [6, 6.07) is 7.23. The summed E-state index contributed by atoms with van der Waals surface area (Å²) in [7, 11) is 0. The number of para-hydroxylation sites is 1. The van der Waals surface area contributed by atoms with Crippen molar-refractivity contribution in [3.8, 4) is 5.75 Å². The molecule has 1 aliphatic rings. The normalized spacial score (nSPS) is 17.4. The number of hydrogen-bond acceptors (Lipinski definition) is 3. The number of carboxylic acid groups (broad SMARTS) is 1. The van der Waals surface area contributed by atoms with Crippen molar-refractivity contribution < 1.29 is 14.6 Å². The molecule has 3 nitrogen and oxygen atoms in total. The lowest BCUT2D eigenvalue weighted by molar-refractivity contribution is -0.137. The van der Waals surface area contributed by atoms with Gasteiger partial charge in [-0.05, 0) is 30.9 Å². The summed E-state index contributed by atoms with van der Waals surface area (Å²) in [5, 5.41) is 8.04. The molecular weight excluding hydrogens is 319 g/mol. The lowest BCUT2D eigenvalue weighted by atomic mass is 10.0. The van der Waals surface area contributed by atoms with Gasteiger partial charge in [0, 0.05) is 0 Å². The highest BCUT2D eigenvalue weighted by molar-refractivity contribution is 8.00. The smallest absolute Gasteiger partial charge is 0.317 e. The Balaban J connectivity index is 2.15. The molecule has 0 amide bonds. The quantitative estimate of drug-likeness (QED) is 0.611. The van der Waals surface area contributed by atoms with Crippen LogP contribution in [0.1, 0.15) is 25.7 Å². The Hall–Kier alpha value is -0.580. The van der Waals surface area contributed by atoms with Crippen LogP contribution in [0.3, 0.4) is 0 Å². The molecule has 0 radical (unpaired) electrons. The fraction of sp³-hybridized carbons (Fsp3) is 0.500. The highest BCUT2D eigenvalue weighted by atomic mass is 35.5. The fourth-order valence-electron chi connectivity index (χ4n) is 2.49. The summed E-state index contributed by atoms with van der Waals surface area (Å²) >= 11 is 12.6. The molecule has 0 spiro atoms. The van der Waals surface area contributed by atoms with Gasteiger partial charge in [-0.25, -0.2) is 0 Å².